The van der Waals surface area contributed by atoms with Crippen LogP contribution in [-0.4, -0.2) is 21.7 Å². The molecule has 0 aromatic heterocycles. The highest BCUT2D eigenvalue weighted by Gasteiger charge is 2.12. The quantitative estimate of drug-likeness (QED) is 0.863. The molecule has 18 heavy (non-hydrogen) atoms. The molecular formula is C14H23NO2S. The molecule has 0 amide bonds. The van der Waals surface area contributed by atoms with E-state index in [-0.39, 0.29) is 0 Å². The van der Waals surface area contributed by atoms with E-state index in [9.17, 15) is 8.42 Å². The Balaban J connectivity index is 2.82. The lowest BCUT2D eigenvalue weighted by atomic mass is 9.98. The predicted molar refractivity (Wildman–Crippen MR) is 75.4 cm³/mol. The first-order valence-electron chi connectivity index (χ1n) is 6.32. The molecule has 1 unspecified atom stereocenters. The molecule has 0 heterocycles. The van der Waals surface area contributed by atoms with Gasteiger partial charge in [0.05, 0.1) is 4.90 Å². The summed E-state index contributed by atoms with van der Waals surface area (Å²) in [6.07, 6.45) is 3.45. The molecule has 1 rings (SSSR count). The summed E-state index contributed by atoms with van der Waals surface area (Å²) in [7, 11) is -1.16. The van der Waals surface area contributed by atoms with Gasteiger partial charge in [-0.25, -0.2) is 8.42 Å². The summed E-state index contributed by atoms with van der Waals surface area (Å²) in [5, 5.41) is 3.28. The molecule has 0 saturated carbocycles. The molecule has 3 nitrogen and oxygen atoms in total. The molecule has 0 aliphatic rings. The van der Waals surface area contributed by atoms with Crippen molar-refractivity contribution < 1.29 is 8.42 Å². The minimum absolute atomic E-state index is 0.293. The molecule has 0 fully saturated rings. The average Bonchev–Trinajstić information content (AvgIpc) is 2.29. The Morgan fingerprint density at radius 3 is 2.06 bits per heavy atom. The van der Waals surface area contributed by atoms with Crippen molar-refractivity contribution in [3.63, 3.8) is 0 Å². The largest absolute Gasteiger partial charge is 0.313 e. The highest BCUT2D eigenvalue weighted by molar-refractivity contribution is 7.90. The molecule has 0 aliphatic heterocycles. The SMILES string of the molecule is CNC(CCC(C)C)c1ccc(S(C)(=O)=O)cc1. The monoisotopic (exact) mass is 269 g/mol. The van der Waals surface area contributed by atoms with Crippen molar-refractivity contribution in [2.45, 2.75) is 37.6 Å². The van der Waals surface area contributed by atoms with Gasteiger partial charge >= 0.3 is 0 Å². The van der Waals surface area contributed by atoms with Crippen LogP contribution in [0.4, 0.5) is 0 Å². The fourth-order valence-electron chi connectivity index (χ4n) is 1.93. The minimum atomic E-state index is -3.10. The lowest BCUT2D eigenvalue weighted by molar-refractivity contribution is 0.465. The van der Waals surface area contributed by atoms with Crippen molar-refractivity contribution in [3.05, 3.63) is 29.8 Å². The molecule has 0 aliphatic carbocycles. The number of hydrogen-bond donors (Lipinski definition) is 1. The zero-order valence-electron chi connectivity index (χ0n) is 11.6. The second-order valence-corrected chi connectivity index (χ2v) is 7.17. The van der Waals surface area contributed by atoms with Crippen molar-refractivity contribution in [1.29, 1.82) is 0 Å². The Hall–Kier alpha value is -0.870. The summed E-state index contributed by atoms with van der Waals surface area (Å²) in [5.74, 6) is 0.677. The Kier molecular flexibility index (Phi) is 5.35. The number of rotatable bonds is 6. The van der Waals surface area contributed by atoms with E-state index in [0.29, 0.717) is 16.9 Å². The van der Waals surface area contributed by atoms with Crippen molar-refractivity contribution >= 4 is 9.84 Å². The van der Waals surface area contributed by atoms with E-state index in [1.165, 1.54) is 6.26 Å². The topological polar surface area (TPSA) is 46.2 Å². The van der Waals surface area contributed by atoms with Crippen LogP contribution < -0.4 is 5.32 Å². The van der Waals surface area contributed by atoms with E-state index in [0.717, 1.165) is 18.4 Å². The molecule has 0 radical (unpaired) electrons. The maximum absolute atomic E-state index is 11.4. The standard InChI is InChI=1S/C14H23NO2S/c1-11(2)5-10-14(15-3)12-6-8-13(9-7-12)18(4,16)17/h6-9,11,14-15H,5,10H2,1-4H3. The Morgan fingerprint density at radius 1 is 1.11 bits per heavy atom. The molecule has 4 heteroatoms. The van der Waals surface area contributed by atoms with Gasteiger partial charge in [0.2, 0.25) is 0 Å². The zero-order chi connectivity index (χ0) is 13.8. The van der Waals surface area contributed by atoms with Crippen molar-refractivity contribution in [3.8, 4) is 0 Å². The van der Waals surface area contributed by atoms with E-state index in [1.54, 1.807) is 12.1 Å². The lowest BCUT2D eigenvalue weighted by Crippen LogP contribution is -2.17. The summed E-state index contributed by atoms with van der Waals surface area (Å²) in [6, 6.07) is 7.46. The molecule has 1 N–H and O–H groups in total. The Morgan fingerprint density at radius 2 is 1.67 bits per heavy atom. The van der Waals surface area contributed by atoms with E-state index in [2.05, 4.69) is 19.2 Å². The van der Waals surface area contributed by atoms with Gasteiger partial charge in [-0.3, -0.25) is 0 Å². The van der Waals surface area contributed by atoms with Gasteiger partial charge in [0.25, 0.3) is 0 Å². The maximum Gasteiger partial charge on any atom is 0.175 e. The van der Waals surface area contributed by atoms with E-state index in [1.807, 2.05) is 19.2 Å². The second-order valence-electron chi connectivity index (χ2n) is 5.15. The molecular weight excluding hydrogens is 246 g/mol. The van der Waals surface area contributed by atoms with Crippen LogP contribution in [0.2, 0.25) is 0 Å². The lowest BCUT2D eigenvalue weighted by Gasteiger charge is -2.18. The molecule has 0 bridgehead atoms. The normalized spacial score (nSPS) is 13.8. The molecule has 0 spiro atoms. The first-order chi connectivity index (χ1) is 8.34. The van der Waals surface area contributed by atoms with Crippen LogP contribution in [0.25, 0.3) is 0 Å². The van der Waals surface area contributed by atoms with Crippen LogP contribution >= 0.6 is 0 Å². The third kappa shape index (κ3) is 4.42. The summed E-state index contributed by atoms with van der Waals surface area (Å²) in [5.41, 5.74) is 1.14. The van der Waals surface area contributed by atoms with Crippen molar-refractivity contribution in [1.82, 2.24) is 5.32 Å². The maximum atomic E-state index is 11.4. The van der Waals surface area contributed by atoms with Crippen LogP contribution in [0.5, 0.6) is 0 Å². The Bertz CT molecular complexity index is 463. The van der Waals surface area contributed by atoms with Crippen LogP contribution in [-0.2, 0) is 9.84 Å². The smallest absolute Gasteiger partial charge is 0.175 e. The van der Waals surface area contributed by atoms with Crippen molar-refractivity contribution in [2.24, 2.45) is 5.92 Å². The number of sulfone groups is 1. The molecule has 1 aromatic rings. The fourth-order valence-corrected chi connectivity index (χ4v) is 2.56. The van der Waals surface area contributed by atoms with Gasteiger partial charge in [-0.05, 0) is 43.5 Å². The third-order valence-electron chi connectivity index (χ3n) is 3.09. The Labute approximate surface area is 111 Å². The van der Waals surface area contributed by atoms with E-state index in [4.69, 9.17) is 0 Å². The van der Waals surface area contributed by atoms with Crippen LogP contribution in [0.3, 0.4) is 0 Å². The zero-order valence-corrected chi connectivity index (χ0v) is 12.4. The van der Waals surface area contributed by atoms with Gasteiger partial charge in [-0.2, -0.15) is 0 Å². The third-order valence-corrected chi connectivity index (χ3v) is 4.22. The summed E-state index contributed by atoms with van der Waals surface area (Å²) in [6.45, 7) is 4.42. The fraction of sp³-hybridized carbons (Fsp3) is 0.571. The number of nitrogens with one attached hydrogen (secondary N) is 1. The highest BCUT2D eigenvalue weighted by Crippen LogP contribution is 2.22. The summed E-state index contributed by atoms with van der Waals surface area (Å²) >= 11 is 0. The molecule has 1 atom stereocenters. The van der Waals surface area contributed by atoms with Gasteiger partial charge in [-0.15, -0.1) is 0 Å². The van der Waals surface area contributed by atoms with Gasteiger partial charge in [0, 0.05) is 12.3 Å². The van der Waals surface area contributed by atoms with Gasteiger partial charge in [0.1, 0.15) is 0 Å². The molecule has 1 aromatic carbocycles. The first kappa shape index (κ1) is 15.2. The minimum Gasteiger partial charge on any atom is -0.313 e. The average molecular weight is 269 g/mol. The van der Waals surface area contributed by atoms with Crippen LogP contribution in [0, 0.1) is 5.92 Å². The van der Waals surface area contributed by atoms with Gasteiger partial charge in [-0.1, -0.05) is 26.0 Å². The van der Waals surface area contributed by atoms with E-state index < -0.39 is 9.84 Å². The summed E-state index contributed by atoms with van der Waals surface area (Å²) in [4.78, 5) is 0.380. The van der Waals surface area contributed by atoms with Gasteiger partial charge in [0.15, 0.2) is 9.84 Å². The molecule has 0 saturated heterocycles. The highest BCUT2D eigenvalue weighted by atomic mass is 32.2. The van der Waals surface area contributed by atoms with Crippen LogP contribution in [0.1, 0.15) is 38.3 Å². The van der Waals surface area contributed by atoms with Crippen LogP contribution in [0.15, 0.2) is 29.2 Å². The van der Waals surface area contributed by atoms with Crippen molar-refractivity contribution in [2.75, 3.05) is 13.3 Å². The molecule has 102 valence electrons. The second kappa shape index (κ2) is 6.34. The number of hydrogen-bond acceptors (Lipinski definition) is 3. The van der Waals surface area contributed by atoms with E-state index >= 15 is 0 Å². The summed E-state index contributed by atoms with van der Waals surface area (Å²) < 4.78 is 22.8. The predicted octanol–water partition coefficient (Wildman–Crippen LogP) is 2.79. The first-order valence-corrected chi connectivity index (χ1v) is 8.21. The number of benzene rings is 1. The van der Waals surface area contributed by atoms with Gasteiger partial charge < -0.3 is 5.32 Å².